The van der Waals surface area contributed by atoms with Gasteiger partial charge in [-0.25, -0.2) is 8.42 Å². The Labute approximate surface area is 110 Å². The van der Waals surface area contributed by atoms with Gasteiger partial charge in [0, 0.05) is 28.3 Å². The summed E-state index contributed by atoms with van der Waals surface area (Å²) in [5.74, 6) is 0. The van der Waals surface area contributed by atoms with Crippen molar-refractivity contribution in [1.82, 2.24) is 4.31 Å². The lowest BCUT2D eigenvalue weighted by molar-refractivity contribution is 0.444. The Morgan fingerprint density at radius 3 is 2.38 bits per heavy atom. The fraction of sp³-hybridized carbons (Fsp3) is 0.600. The molecule has 0 aliphatic rings. The van der Waals surface area contributed by atoms with Crippen LogP contribution in [0.15, 0.2) is 15.9 Å². The van der Waals surface area contributed by atoms with Gasteiger partial charge in [0.2, 0.25) is 10.0 Å². The van der Waals surface area contributed by atoms with Crippen molar-refractivity contribution in [2.24, 2.45) is 0 Å². The molecule has 1 aromatic heterocycles. The van der Waals surface area contributed by atoms with E-state index in [2.05, 4.69) is 15.9 Å². The predicted molar refractivity (Wildman–Crippen MR) is 72.2 cm³/mol. The van der Waals surface area contributed by atoms with Gasteiger partial charge in [0.05, 0.1) is 4.75 Å². The van der Waals surface area contributed by atoms with Crippen molar-refractivity contribution in [2.75, 3.05) is 7.05 Å². The second kappa shape index (κ2) is 4.76. The van der Waals surface area contributed by atoms with Crippen molar-refractivity contribution in [3.8, 4) is 0 Å². The van der Waals surface area contributed by atoms with Crippen molar-refractivity contribution in [3.05, 3.63) is 20.8 Å². The molecule has 6 heteroatoms. The normalized spacial score (nSPS) is 13.4. The highest BCUT2D eigenvalue weighted by Gasteiger charge is 2.33. The van der Waals surface area contributed by atoms with Crippen LogP contribution >= 0.6 is 27.3 Å². The van der Waals surface area contributed by atoms with Crippen LogP contribution < -0.4 is 0 Å². The summed E-state index contributed by atoms with van der Waals surface area (Å²) in [6, 6.07) is 1.94. The molecule has 0 saturated heterocycles. The first-order chi connectivity index (χ1) is 7.14. The average Bonchev–Trinajstić information content (AvgIpc) is 2.49. The first-order valence-electron chi connectivity index (χ1n) is 4.83. The van der Waals surface area contributed by atoms with E-state index in [9.17, 15) is 8.42 Å². The van der Waals surface area contributed by atoms with Crippen LogP contribution in [-0.4, -0.2) is 24.5 Å². The van der Waals surface area contributed by atoms with E-state index < -0.39 is 14.8 Å². The molecule has 0 aromatic carbocycles. The minimum atomic E-state index is -3.24. The highest BCUT2D eigenvalue weighted by Crippen LogP contribution is 2.25. The Bertz CT molecular complexity index is 459. The summed E-state index contributed by atoms with van der Waals surface area (Å²) in [5.41, 5.74) is 0. The molecule has 1 aromatic rings. The quantitative estimate of drug-likeness (QED) is 0.856. The molecule has 0 unspecified atom stereocenters. The molecule has 0 bridgehead atoms. The van der Waals surface area contributed by atoms with E-state index in [-0.39, 0.29) is 0 Å². The van der Waals surface area contributed by atoms with Gasteiger partial charge >= 0.3 is 0 Å². The van der Waals surface area contributed by atoms with Crippen molar-refractivity contribution in [1.29, 1.82) is 0 Å². The monoisotopic (exact) mass is 325 g/mol. The number of hydrogen-bond donors (Lipinski definition) is 0. The summed E-state index contributed by atoms with van der Waals surface area (Å²) < 4.78 is 25.8. The molecule has 0 spiro atoms. The first kappa shape index (κ1) is 14.2. The van der Waals surface area contributed by atoms with Gasteiger partial charge < -0.3 is 0 Å². The maximum absolute atomic E-state index is 12.1. The molecule has 0 fully saturated rings. The lowest BCUT2D eigenvalue weighted by Gasteiger charge is -2.26. The molecule has 0 saturated carbocycles. The molecule has 0 aliphatic carbocycles. The fourth-order valence-electron chi connectivity index (χ4n) is 1.21. The average molecular weight is 326 g/mol. The van der Waals surface area contributed by atoms with Crippen LogP contribution in [-0.2, 0) is 16.6 Å². The second-order valence-corrected chi connectivity index (χ2v) is 9.31. The number of rotatable bonds is 3. The van der Waals surface area contributed by atoms with Gasteiger partial charge in [0.25, 0.3) is 0 Å². The van der Waals surface area contributed by atoms with E-state index in [0.717, 1.165) is 9.35 Å². The number of hydrogen-bond acceptors (Lipinski definition) is 3. The largest absolute Gasteiger partial charge is 0.219 e. The highest BCUT2D eigenvalue weighted by atomic mass is 79.9. The van der Waals surface area contributed by atoms with Crippen LogP contribution in [0.25, 0.3) is 0 Å². The zero-order chi connectivity index (χ0) is 12.6. The summed E-state index contributed by atoms with van der Waals surface area (Å²) >= 11 is 4.91. The Hall–Kier alpha value is 0.0900. The predicted octanol–water partition coefficient (Wildman–Crippen LogP) is 3.07. The molecular weight excluding hydrogens is 310 g/mol. The van der Waals surface area contributed by atoms with Gasteiger partial charge in [-0.3, -0.25) is 0 Å². The molecule has 0 aliphatic heterocycles. The van der Waals surface area contributed by atoms with E-state index in [1.54, 1.807) is 39.2 Å². The molecule has 3 nitrogen and oxygen atoms in total. The van der Waals surface area contributed by atoms with E-state index in [4.69, 9.17) is 0 Å². The molecule has 1 rings (SSSR count). The molecule has 0 radical (unpaired) electrons. The standard InChI is InChI=1S/C10H16BrNO2S2/c1-10(2,3)16(13,14)12(4)6-9-5-8(11)7-15-9/h5,7H,6H2,1-4H3. The minimum absolute atomic E-state index is 0.426. The zero-order valence-corrected chi connectivity index (χ0v) is 13.0. The van der Waals surface area contributed by atoms with Crippen LogP contribution in [0.3, 0.4) is 0 Å². The van der Waals surface area contributed by atoms with Crippen molar-refractivity contribution >= 4 is 37.3 Å². The smallest absolute Gasteiger partial charge is 0.212 e. The maximum Gasteiger partial charge on any atom is 0.219 e. The third-order valence-corrected chi connectivity index (χ3v) is 6.36. The van der Waals surface area contributed by atoms with Crippen molar-refractivity contribution < 1.29 is 8.42 Å². The van der Waals surface area contributed by atoms with Crippen molar-refractivity contribution in [3.63, 3.8) is 0 Å². The van der Waals surface area contributed by atoms with Gasteiger partial charge in [0.15, 0.2) is 0 Å². The van der Waals surface area contributed by atoms with Gasteiger partial charge in [-0.1, -0.05) is 0 Å². The highest BCUT2D eigenvalue weighted by molar-refractivity contribution is 9.10. The van der Waals surface area contributed by atoms with Crippen LogP contribution in [0.2, 0.25) is 0 Å². The zero-order valence-electron chi connectivity index (χ0n) is 9.82. The fourth-order valence-corrected chi connectivity index (χ4v) is 4.04. The first-order valence-corrected chi connectivity index (χ1v) is 7.94. The minimum Gasteiger partial charge on any atom is -0.212 e. The van der Waals surface area contributed by atoms with Crippen LogP contribution in [0.4, 0.5) is 0 Å². The summed E-state index contributed by atoms with van der Waals surface area (Å²) in [7, 11) is -1.62. The third kappa shape index (κ3) is 3.06. The molecule has 1 heterocycles. The Morgan fingerprint density at radius 1 is 1.44 bits per heavy atom. The maximum atomic E-state index is 12.1. The molecule has 0 N–H and O–H groups in total. The summed E-state index contributed by atoms with van der Waals surface area (Å²) in [6.07, 6.45) is 0. The molecule has 92 valence electrons. The molecule has 16 heavy (non-hydrogen) atoms. The molecule has 0 amide bonds. The van der Waals surface area contributed by atoms with E-state index in [1.165, 1.54) is 4.31 Å². The third-order valence-electron chi connectivity index (χ3n) is 2.18. The van der Waals surface area contributed by atoms with Crippen LogP contribution in [0.5, 0.6) is 0 Å². The van der Waals surface area contributed by atoms with E-state index in [0.29, 0.717) is 6.54 Å². The summed E-state index contributed by atoms with van der Waals surface area (Å²) in [4.78, 5) is 1.03. The summed E-state index contributed by atoms with van der Waals surface area (Å²) in [6.45, 7) is 5.56. The van der Waals surface area contributed by atoms with Crippen LogP contribution in [0, 0.1) is 0 Å². The summed E-state index contributed by atoms with van der Waals surface area (Å²) in [5, 5.41) is 1.95. The number of sulfonamides is 1. The van der Waals surface area contributed by atoms with E-state index in [1.807, 2.05) is 11.4 Å². The van der Waals surface area contributed by atoms with Gasteiger partial charge in [-0.15, -0.1) is 11.3 Å². The SMILES string of the molecule is CN(Cc1cc(Br)cs1)S(=O)(=O)C(C)(C)C. The lowest BCUT2D eigenvalue weighted by Crippen LogP contribution is -2.40. The van der Waals surface area contributed by atoms with Gasteiger partial charge in [0.1, 0.15) is 0 Å². The van der Waals surface area contributed by atoms with Gasteiger partial charge in [-0.05, 0) is 42.8 Å². The number of halogens is 1. The molecule has 0 atom stereocenters. The Morgan fingerprint density at radius 2 is 2.00 bits per heavy atom. The lowest BCUT2D eigenvalue weighted by atomic mass is 10.3. The number of nitrogens with zero attached hydrogens (tertiary/aromatic N) is 1. The second-order valence-electron chi connectivity index (χ2n) is 4.60. The van der Waals surface area contributed by atoms with E-state index >= 15 is 0 Å². The Kier molecular flexibility index (Phi) is 4.21. The number of thiophene rings is 1. The Balaban J connectivity index is 2.85. The van der Waals surface area contributed by atoms with Gasteiger partial charge in [-0.2, -0.15) is 4.31 Å². The van der Waals surface area contributed by atoms with Crippen molar-refractivity contribution in [2.45, 2.75) is 32.1 Å². The topological polar surface area (TPSA) is 37.4 Å². The molecular formula is C10H16BrNO2S2. The van der Waals surface area contributed by atoms with Crippen LogP contribution in [0.1, 0.15) is 25.6 Å².